The van der Waals surface area contributed by atoms with Crippen LogP contribution in [0.3, 0.4) is 0 Å². The van der Waals surface area contributed by atoms with Crippen LogP contribution in [0.4, 0.5) is 11.4 Å². The third-order valence-electron chi connectivity index (χ3n) is 2.95. The summed E-state index contributed by atoms with van der Waals surface area (Å²) in [6.07, 6.45) is 0. The second kappa shape index (κ2) is 8.65. The number of phenols is 1. The summed E-state index contributed by atoms with van der Waals surface area (Å²) < 4.78 is 5.26. The number of amides is 1. The van der Waals surface area contributed by atoms with Crippen molar-refractivity contribution in [2.24, 2.45) is 0 Å². The molecule has 2 rings (SSSR count). The molecule has 0 atom stereocenters. The van der Waals surface area contributed by atoms with Crippen LogP contribution in [-0.4, -0.2) is 27.7 Å². The molecule has 0 saturated carbocycles. The van der Waals surface area contributed by atoms with E-state index in [1.807, 2.05) is 0 Å². The number of phenolic OH excluding ortho intramolecular Hbond substituents is 1. The van der Waals surface area contributed by atoms with Crippen molar-refractivity contribution in [1.82, 2.24) is 5.32 Å². The van der Waals surface area contributed by atoms with Crippen LogP contribution in [0.25, 0.3) is 0 Å². The molecule has 2 aromatic rings. The van der Waals surface area contributed by atoms with Crippen molar-refractivity contribution in [3.8, 4) is 11.5 Å². The highest BCUT2D eigenvalue weighted by Gasteiger charge is 2.13. The van der Waals surface area contributed by atoms with E-state index in [1.165, 1.54) is 24.3 Å². The Morgan fingerprint density at radius 3 is 2.62 bits per heavy atom. The lowest BCUT2D eigenvalue weighted by atomic mass is 10.2. The van der Waals surface area contributed by atoms with Crippen LogP contribution >= 0.6 is 35.4 Å². The molecule has 0 fully saturated rings. The van der Waals surface area contributed by atoms with Crippen molar-refractivity contribution in [1.29, 1.82) is 0 Å². The first-order valence-corrected chi connectivity index (χ1v) is 8.09. The number of nitro groups is 1. The largest absolute Gasteiger partial charge is 0.506 e. The van der Waals surface area contributed by atoms with Crippen molar-refractivity contribution in [3.63, 3.8) is 0 Å². The number of hydrogen-bond donors (Lipinski definition) is 3. The van der Waals surface area contributed by atoms with Gasteiger partial charge in [0.2, 0.25) is 0 Å². The topological polar surface area (TPSA) is 114 Å². The third kappa shape index (κ3) is 5.45. The maximum Gasteiger partial charge on any atom is 0.273 e. The second-order valence-corrected chi connectivity index (χ2v) is 6.08. The molecule has 2 aromatic carbocycles. The normalized spacial score (nSPS) is 10.1. The summed E-state index contributed by atoms with van der Waals surface area (Å²) in [5, 5.41) is 25.8. The molecule has 0 bridgehead atoms. The molecule has 1 amide bonds. The Kier molecular flexibility index (Phi) is 6.56. The van der Waals surface area contributed by atoms with Gasteiger partial charge < -0.3 is 15.2 Å². The van der Waals surface area contributed by atoms with Gasteiger partial charge in [-0.15, -0.1) is 0 Å². The SMILES string of the molecule is O=C(COc1ccc(Cl)cc1Cl)NC(=S)Nc1ccc([N+](=O)[O-])cc1O. The van der Waals surface area contributed by atoms with Crippen LogP contribution in [0.2, 0.25) is 10.0 Å². The van der Waals surface area contributed by atoms with Gasteiger partial charge in [-0.3, -0.25) is 20.2 Å². The van der Waals surface area contributed by atoms with E-state index in [1.54, 1.807) is 6.07 Å². The van der Waals surface area contributed by atoms with Crippen LogP contribution in [0.1, 0.15) is 0 Å². The summed E-state index contributed by atoms with van der Waals surface area (Å²) in [5.41, 5.74) is -0.182. The van der Waals surface area contributed by atoms with Crippen molar-refractivity contribution in [2.45, 2.75) is 0 Å². The highest BCUT2D eigenvalue weighted by Crippen LogP contribution is 2.28. The van der Waals surface area contributed by atoms with Gasteiger partial charge in [-0.1, -0.05) is 23.2 Å². The minimum Gasteiger partial charge on any atom is -0.506 e. The fraction of sp³-hybridized carbons (Fsp3) is 0.0667. The number of non-ortho nitro benzene ring substituents is 1. The number of nitro benzene ring substituents is 1. The maximum absolute atomic E-state index is 11.8. The summed E-state index contributed by atoms with van der Waals surface area (Å²) in [6, 6.07) is 7.94. The first-order valence-electron chi connectivity index (χ1n) is 6.92. The summed E-state index contributed by atoms with van der Waals surface area (Å²) in [7, 11) is 0. The Bertz CT molecular complexity index is 878. The van der Waals surface area contributed by atoms with Gasteiger partial charge in [0.05, 0.1) is 21.7 Å². The zero-order valence-electron chi connectivity index (χ0n) is 12.9. The number of nitrogens with one attached hydrogen (secondary N) is 2. The molecule has 8 nitrogen and oxygen atoms in total. The monoisotopic (exact) mass is 415 g/mol. The Balaban J connectivity index is 1.89. The number of halogens is 2. The van der Waals surface area contributed by atoms with E-state index >= 15 is 0 Å². The molecule has 0 aliphatic rings. The molecule has 0 unspecified atom stereocenters. The standard InChI is InChI=1S/C15H11Cl2N3O5S/c16-8-1-4-13(10(17)5-8)25-7-14(22)19-15(26)18-11-3-2-9(20(23)24)6-12(11)21/h1-6,21H,7H2,(H2,18,19,22,26). The smallest absolute Gasteiger partial charge is 0.273 e. The van der Waals surface area contributed by atoms with Crippen molar-refractivity contribution in [3.05, 3.63) is 56.6 Å². The molecule has 0 aliphatic carbocycles. The minimum absolute atomic E-state index is 0.0996. The number of ether oxygens (including phenoxy) is 1. The Morgan fingerprint density at radius 1 is 1.27 bits per heavy atom. The summed E-state index contributed by atoms with van der Waals surface area (Å²) >= 11 is 16.6. The lowest BCUT2D eigenvalue weighted by Crippen LogP contribution is -2.37. The predicted octanol–water partition coefficient (Wildman–Crippen LogP) is 3.50. The summed E-state index contributed by atoms with van der Waals surface area (Å²) in [5.74, 6) is -0.687. The van der Waals surface area contributed by atoms with Gasteiger partial charge in [-0.25, -0.2) is 0 Å². The average Bonchev–Trinajstić information content (AvgIpc) is 2.55. The van der Waals surface area contributed by atoms with Gasteiger partial charge in [0, 0.05) is 11.1 Å². The minimum atomic E-state index is -0.650. The molecule has 0 radical (unpaired) electrons. The van der Waals surface area contributed by atoms with Gasteiger partial charge in [-0.05, 0) is 36.5 Å². The first-order chi connectivity index (χ1) is 12.3. The van der Waals surface area contributed by atoms with Crippen LogP contribution in [-0.2, 0) is 4.79 Å². The number of nitrogens with zero attached hydrogens (tertiary/aromatic N) is 1. The van der Waals surface area contributed by atoms with E-state index in [2.05, 4.69) is 10.6 Å². The molecular weight excluding hydrogens is 405 g/mol. The number of aromatic hydroxyl groups is 1. The number of thiocarbonyl (C=S) groups is 1. The van der Waals surface area contributed by atoms with Crippen molar-refractivity contribution >= 4 is 57.8 Å². The van der Waals surface area contributed by atoms with Crippen LogP contribution in [0.15, 0.2) is 36.4 Å². The number of benzene rings is 2. The van der Waals surface area contributed by atoms with E-state index in [0.29, 0.717) is 5.02 Å². The lowest BCUT2D eigenvalue weighted by Gasteiger charge is -2.12. The van der Waals surface area contributed by atoms with Crippen LogP contribution in [0, 0.1) is 10.1 Å². The van der Waals surface area contributed by atoms with E-state index in [0.717, 1.165) is 6.07 Å². The molecule has 0 aromatic heterocycles. The summed E-state index contributed by atoms with van der Waals surface area (Å²) in [6.45, 7) is -0.366. The zero-order chi connectivity index (χ0) is 19.3. The average molecular weight is 416 g/mol. The van der Waals surface area contributed by atoms with Gasteiger partial charge in [0.25, 0.3) is 11.6 Å². The highest BCUT2D eigenvalue weighted by molar-refractivity contribution is 7.80. The molecule has 0 saturated heterocycles. The zero-order valence-corrected chi connectivity index (χ0v) is 15.2. The quantitative estimate of drug-likeness (QED) is 0.296. The van der Waals surface area contributed by atoms with E-state index in [9.17, 15) is 20.0 Å². The molecule has 3 N–H and O–H groups in total. The third-order valence-corrected chi connectivity index (χ3v) is 3.68. The first kappa shape index (κ1) is 19.7. The highest BCUT2D eigenvalue weighted by atomic mass is 35.5. The van der Waals surface area contributed by atoms with Crippen LogP contribution < -0.4 is 15.4 Å². The van der Waals surface area contributed by atoms with Gasteiger partial charge in [-0.2, -0.15) is 0 Å². The van der Waals surface area contributed by atoms with E-state index in [-0.39, 0.29) is 39.6 Å². The second-order valence-electron chi connectivity index (χ2n) is 4.82. The maximum atomic E-state index is 11.8. The fourth-order valence-electron chi connectivity index (χ4n) is 1.79. The molecule has 0 aliphatic heterocycles. The molecule has 26 heavy (non-hydrogen) atoms. The predicted molar refractivity (Wildman–Crippen MR) is 101 cm³/mol. The van der Waals surface area contributed by atoms with Gasteiger partial charge >= 0.3 is 0 Å². The number of hydrogen-bond acceptors (Lipinski definition) is 6. The number of carbonyl (C=O) groups excluding carboxylic acids is 1. The lowest BCUT2D eigenvalue weighted by molar-refractivity contribution is -0.384. The molecule has 0 heterocycles. The molecule has 0 spiro atoms. The molecular formula is C15H11Cl2N3O5S. The number of rotatable bonds is 5. The van der Waals surface area contributed by atoms with Crippen LogP contribution in [0.5, 0.6) is 11.5 Å². The Morgan fingerprint density at radius 2 is 2.00 bits per heavy atom. The van der Waals surface area contributed by atoms with Gasteiger partial charge in [0.1, 0.15) is 11.5 Å². The fourth-order valence-corrected chi connectivity index (χ4v) is 2.48. The molecule has 11 heteroatoms. The Hall–Kier alpha value is -2.62. The number of carbonyl (C=O) groups is 1. The van der Waals surface area contributed by atoms with E-state index in [4.69, 9.17) is 40.2 Å². The van der Waals surface area contributed by atoms with Gasteiger partial charge in [0.15, 0.2) is 11.7 Å². The number of anilines is 1. The van der Waals surface area contributed by atoms with E-state index < -0.39 is 10.8 Å². The van der Waals surface area contributed by atoms with Crippen molar-refractivity contribution < 1.29 is 19.6 Å². The van der Waals surface area contributed by atoms with Crippen molar-refractivity contribution in [2.75, 3.05) is 11.9 Å². The molecule has 136 valence electrons. The Labute approximate surface area is 162 Å². The summed E-state index contributed by atoms with van der Waals surface area (Å²) in [4.78, 5) is 21.8.